The first-order valence-corrected chi connectivity index (χ1v) is 14.0. The van der Waals surface area contributed by atoms with Crippen molar-refractivity contribution in [3.63, 3.8) is 0 Å². The molecule has 1 unspecified atom stereocenters. The maximum absolute atomic E-state index is 15.8. The Morgan fingerprint density at radius 3 is 2.67 bits per heavy atom. The quantitative estimate of drug-likeness (QED) is 0.595. The van der Waals surface area contributed by atoms with Crippen LogP contribution in [0, 0.1) is 18.7 Å². The fourth-order valence-electron chi connectivity index (χ4n) is 5.09. The second-order valence-electron chi connectivity index (χ2n) is 9.51. The van der Waals surface area contributed by atoms with Crippen molar-refractivity contribution >= 4 is 27.1 Å². The number of hydrogen-bond donors (Lipinski definition) is 0. The third-order valence-electron chi connectivity index (χ3n) is 6.89. The lowest BCUT2D eigenvalue weighted by Gasteiger charge is -2.32. The van der Waals surface area contributed by atoms with Gasteiger partial charge in [0.25, 0.3) is 0 Å². The Balaban J connectivity index is 1.35. The number of halogens is 1. The number of aromatic nitrogens is 1. The lowest BCUT2D eigenvalue weighted by molar-refractivity contribution is -0.137. The van der Waals surface area contributed by atoms with Crippen LogP contribution in [0.5, 0.6) is 11.5 Å². The van der Waals surface area contributed by atoms with Gasteiger partial charge in [0.15, 0.2) is 26.4 Å². The predicted molar refractivity (Wildman–Crippen MR) is 130 cm³/mol. The number of sulfone groups is 1. The molecule has 1 amide bonds. The summed E-state index contributed by atoms with van der Waals surface area (Å²) < 4.78 is 56.8. The van der Waals surface area contributed by atoms with Crippen molar-refractivity contribution < 1.29 is 31.8 Å². The van der Waals surface area contributed by atoms with E-state index in [1.54, 1.807) is 30.0 Å². The number of aryl methyl sites for hydroxylation is 1. The van der Waals surface area contributed by atoms with E-state index in [0.29, 0.717) is 62.9 Å². The number of carbonyl (C=O) groups is 1. The molecule has 3 aliphatic rings. The van der Waals surface area contributed by atoms with Crippen LogP contribution in [-0.2, 0) is 19.4 Å². The average molecular weight is 520 g/mol. The molecule has 36 heavy (non-hydrogen) atoms. The largest absolute Gasteiger partial charge is 0.489 e. The highest BCUT2D eigenvalue weighted by molar-refractivity contribution is 7.90. The zero-order chi connectivity index (χ0) is 25.4. The number of amides is 1. The summed E-state index contributed by atoms with van der Waals surface area (Å²) in [5.41, 5.74) is 1.27. The van der Waals surface area contributed by atoms with Crippen LogP contribution in [0.15, 0.2) is 29.4 Å². The summed E-state index contributed by atoms with van der Waals surface area (Å²) >= 11 is 0. The predicted octanol–water partition coefficient (Wildman–Crippen LogP) is 2.87. The van der Waals surface area contributed by atoms with E-state index in [4.69, 9.17) is 14.2 Å². The molecule has 5 rings (SSSR count). The van der Waals surface area contributed by atoms with Crippen LogP contribution in [0.3, 0.4) is 0 Å². The van der Waals surface area contributed by atoms with Crippen molar-refractivity contribution in [3.05, 3.63) is 35.8 Å². The molecule has 0 saturated carbocycles. The fraction of sp³-hybridized carbons (Fsp3) is 0.520. The molecule has 0 N–H and O–H groups in total. The summed E-state index contributed by atoms with van der Waals surface area (Å²) in [5, 5.41) is -0.00150. The number of likely N-dealkylation sites (tertiary alicyclic amines) is 1. The average Bonchev–Trinajstić information content (AvgIpc) is 3.33. The number of nitrogens with zero attached hydrogens (tertiary/aromatic N) is 3. The molecule has 2 fully saturated rings. The molecule has 0 radical (unpaired) electrons. The zero-order valence-corrected chi connectivity index (χ0v) is 21.2. The number of ether oxygens (including phenoxy) is 3. The zero-order valence-electron chi connectivity index (χ0n) is 20.4. The summed E-state index contributed by atoms with van der Waals surface area (Å²) in [6.07, 6.45) is 4.32. The van der Waals surface area contributed by atoms with E-state index in [1.165, 1.54) is 6.20 Å². The number of benzene rings is 1. The Labute approximate surface area is 210 Å². The Hall–Kier alpha value is -2.92. The smallest absolute Gasteiger partial charge is 0.225 e. The summed E-state index contributed by atoms with van der Waals surface area (Å²) in [7, 11) is -3.47. The maximum Gasteiger partial charge on any atom is 0.225 e. The highest BCUT2D eigenvalue weighted by atomic mass is 32.2. The van der Waals surface area contributed by atoms with E-state index in [9.17, 15) is 13.2 Å². The molecule has 194 valence electrons. The molecule has 9 nitrogen and oxygen atoms in total. The van der Waals surface area contributed by atoms with Gasteiger partial charge in [0.1, 0.15) is 24.1 Å². The minimum Gasteiger partial charge on any atom is -0.489 e. The van der Waals surface area contributed by atoms with Gasteiger partial charge in [-0.1, -0.05) is 0 Å². The second-order valence-corrected chi connectivity index (χ2v) is 11.4. The molecule has 1 aromatic heterocycles. The lowest BCUT2D eigenvalue weighted by Crippen LogP contribution is -2.38. The van der Waals surface area contributed by atoms with Crippen molar-refractivity contribution in [2.75, 3.05) is 50.6 Å². The van der Waals surface area contributed by atoms with E-state index >= 15 is 4.39 Å². The molecule has 1 atom stereocenters. The molecule has 2 aromatic rings. The third-order valence-corrected chi connectivity index (χ3v) is 8.02. The first-order valence-electron chi connectivity index (χ1n) is 12.1. The van der Waals surface area contributed by atoms with Crippen LogP contribution >= 0.6 is 0 Å². The minimum atomic E-state index is -3.47. The summed E-state index contributed by atoms with van der Waals surface area (Å²) in [4.78, 5) is 20.5. The number of carbonyl (C=O) groups excluding carboxylic acids is 1. The van der Waals surface area contributed by atoms with Crippen LogP contribution < -0.4 is 14.4 Å². The molecule has 0 spiro atoms. The molecule has 11 heteroatoms. The molecule has 1 aromatic carbocycles. The molecule has 4 heterocycles. The van der Waals surface area contributed by atoms with E-state index < -0.39 is 15.7 Å². The highest BCUT2D eigenvalue weighted by Crippen LogP contribution is 2.43. The van der Waals surface area contributed by atoms with Gasteiger partial charge < -0.3 is 24.0 Å². The van der Waals surface area contributed by atoms with Crippen LogP contribution in [0.1, 0.15) is 24.8 Å². The number of pyridine rings is 1. The van der Waals surface area contributed by atoms with Crippen molar-refractivity contribution in [3.8, 4) is 11.5 Å². The van der Waals surface area contributed by atoms with Crippen molar-refractivity contribution in [2.45, 2.75) is 37.3 Å². The third kappa shape index (κ3) is 4.86. The number of fused-ring (bicyclic) bond motifs is 1. The molecule has 0 aliphatic carbocycles. The van der Waals surface area contributed by atoms with Crippen molar-refractivity contribution in [1.29, 1.82) is 0 Å². The van der Waals surface area contributed by atoms with Gasteiger partial charge in [-0.2, -0.15) is 0 Å². The first-order chi connectivity index (χ1) is 17.2. The van der Waals surface area contributed by atoms with Crippen LogP contribution in [0.2, 0.25) is 0 Å². The normalized spacial score (nSPS) is 20.7. The van der Waals surface area contributed by atoms with E-state index in [1.807, 2.05) is 4.90 Å². The Morgan fingerprint density at radius 1 is 1.17 bits per heavy atom. The SMILES string of the molecule is Cc1cc(N2CCOc3ccc(OC4CCN(C(=O)C5CCOCC5)C4)c(F)c32)cnc1S(C)(=O)=O. The molecule has 2 saturated heterocycles. The van der Waals surface area contributed by atoms with Gasteiger partial charge in [-0.15, -0.1) is 0 Å². The van der Waals surface area contributed by atoms with Crippen LogP contribution in [-0.4, -0.2) is 76.0 Å². The highest BCUT2D eigenvalue weighted by Gasteiger charge is 2.34. The Morgan fingerprint density at radius 2 is 1.94 bits per heavy atom. The molecule has 0 bridgehead atoms. The van der Waals surface area contributed by atoms with Gasteiger partial charge in [0.05, 0.1) is 25.0 Å². The van der Waals surface area contributed by atoms with Gasteiger partial charge in [0.2, 0.25) is 5.91 Å². The second kappa shape index (κ2) is 9.85. The van der Waals surface area contributed by atoms with Gasteiger partial charge >= 0.3 is 0 Å². The van der Waals surface area contributed by atoms with Gasteiger partial charge in [-0.25, -0.2) is 17.8 Å². The summed E-state index contributed by atoms with van der Waals surface area (Å²) in [5.74, 6) is 0.00197. The van der Waals surface area contributed by atoms with Crippen LogP contribution in [0.4, 0.5) is 15.8 Å². The number of rotatable bonds is 5. The van der Waals surface area contributed by atoms with Gasteiger partial charge in [0, 0.05) is 38.4 Å². The Kier molecular flexibility index (Phi) is 6.78. The lowest BCUT2D eigenvalue weighted by atomic mass is 9.99. The number of hydrogen-bond acceptors (Lipinski definition) is 8. The Bertz CT molecular complexity index is 1260. The van der Waals surface area contributed by atoms with E-state index in [-0.39, 0.29) is 34.4 Å². The summed E-state index contributed by atoms with van der Waals surface area (Å²) in [6, 6.07) is 4.91. The topological polar surface area (TPSA) is 98.3 Å². The molecule has 3 aliphatic heterocycles. The summed E-state index contributed by atoms with van der Waals surface area (Å²) in [6.45, 7) is 4.58. The minimum absolute atomic E-state index is 0.00150. The standard InChI is InChI=1S/C25H30FN3O6S/c1-16-13-18(14-27-24(16)36(2,31)32)29-9-12-34-21-4-3-20(22(26)23(21)29)35-19-5-8-28(15-19)25(30)17-6-10-33-11-7-17/h3-4,13-14,17,19H,5-12,15H2,1-2H3. The maximum atomic E-state index is 15.8. The molecular weight excluding hydrogens is 489 g/mol. The van der Waals surface area contributed by atoms with Crippen molar-refractivity contribution in [1.82, 2.24) is 9.88 Å². The van der Waals surface area contributed by atoms with E-state index in [2.05, 4.69) is 4.98 Å². The van der Waals surface area contributed by atoms with Gasteiger partial charge in [-0.3, -0.25) is 4.79 Å². The van der Waals surface area contributed by atoms with Crippen molar-refractivity contribution in [2.24, 2.45) is 5.92 Å². The van der Waals surface area contributed by atoms with E-state index in [0.717, 1.165) is 19.1 Å². The van der Waals surface area contributed by atoms with Gasteiger partial charge in [-0.05, 0) is 43.5 Å². The van der Waals surface area contributed by atoms with Crippen LogP contribution in [0.25, 0.3) is 0 Å². The first kappa shape index (κ1) is 24.8. The number of anilines is 2. The monoisotopic (exact) mass is 519 g/mol. The fourth-order valence-corrected chi connectivity index (χ4v) is 5.98. The molecular formula is C25H30FN3O6S.